The third kappa shape index (κ3) is 2.02. The van der Waals surface area contributed by atoms with E-state index in [0.29, 0.717) is 50.0 Å². The van der Waals surface area contributed by atoms with E-state index in [-0.39, 0.29) is 0 Å². The summed E-state index contributed by atoms with van der Waals surface area (Å²) in [5, 5.41) is 11.0. The Kier molecular flexibility index (Phi) is 2.98. The molecule has 4 rings (SSSR count). The number of ether oxygens (including phenoxy) is 2. The van der Waals surface area contributed by atoms with Crippen molar-refractivity contribution in [2.75, 3.05) is 13.2 Å². The number of aromatic nitrogens is 1. The van der Waals surface area contributed by atoms with Crippen LogP contribution in [0.3, 0.4) is 0 Å². The smallest absolute Gasteiger partial charge is 0.408 e. The van der Waals surface area contributed by atoms with E-state index in [4.69, 9.17) is 13.9 Å². The van der Waals surface area contributed by atoms with Crippen molar-refractivity contribution in [3.63, 3.8) is 0 Å². The number of nitrogens with zero attached hydrogens (tertiary/aromatic N) is 1. The highest BCUT2D eigenvalue weighted by molar-refractivity contribution is 5.74. The largest absolute Gasteiger partial charge is 0.419 e. The molecule has 1 saturated heterocycles. The second-order valence-corrected chi connectivity index (χ2v) is 6.25. The molecule has 6 nitrogen and oxygen atoms in total. The van der Waals surface area contributed by atoms with Gasteiger partial charge in [0, 0.05) is 19.9 Å². The molecule has 1 N–H and O–H groups in total. The second-order valence-electron chi connectivity index (χ2n) is 6.25. The third-order valence-corrected chi connectivity index (χ3v) is 4.98. The van der Waals surface area contributed by atoms with Crippen molar-refractivity contribution in [2.45, 2.75) is 37.1 Å². The molecule has 1 aliphatic carbocycles. The summed E-state index contributed by atoms with van der Waals surface area (Å²) in [5.74, 6) is -0.895. The van der Waals surface area contributed by atoms with Crippen molar-refractivity contribution in [3.8, 4) is 0 Å². The van der Waals surface area contributed by atoms with Crippen molar-refractivity contribution in [2.24, 2.45) is 7.05 Å². The van der Waals surface area contributed by atoms with E-state index in [1.807, 2.05) is 12.1 Å². The Bertz CT molecular complexity index is 758. The first-order valence-corrected chi connectivity index (χ1v) is 7.62. The van der Waals surface area contributed by atoms with Crippen molar-refractivity contribution in [1.29, 1.82) is 0 Å². The second kappa shape index (κ2) is 4.68. The van der Waals surface area contributed by atoms with E-state index in [9.17, 15) is 9.90 Å². The van der Waals surface area contributed by atoms with Gasteiger partial charge in [-0.1, -0.05) is 6.07 Å². The Morgan fingerprint density at radius 1 is 1.14 bits per heavy atom. The highest BCUT2D eigenvalue weighted by Gasteiger charge is 2.46. The standard InChI is InChI=1S/C16H19NO5/c1-17-12-10-11(2-3-13(12)22-14(17)18)15(19)4-6-16(7-5-15)20-8-9-21-16/h2-3,10,19H,4-9H2,1H3. The molecule has 1 aromatic heterocycles. The molecule has 1 aliphatic heterocycles. The normalized spacial score (nSPS) is 23.4. The highest BCUT2D eigenvalue weighted by Crippen LogP contribution is 2.45. The molecule has 0 unspecified atom stereocenters. The van der Waals surface area contributed by atoms with Crippen molar-refractivity contribution in [3.05, 3.63) is 34.3 Å². The van der Waals surface area contributed by atoms with Crippen LogP contribution in [0, 0.1) is 0 Å². The molecule has 1 spiro atoms. The molecule has 0 atom stereocenters. The lowest BCUT2D eigenvalue weighted by molar-refractivity contribution is -0.204. The minimum Gasteiger partial charge on any atom is -0.408 e. The maximum atomic E-state index is 11.6. The zero-order valence-corrected chi connectivity index (χ0v) is 12.5. The van der Waals surface area contributed by atoms with Crippen LogP contribution in [-0.2, 0) is 22.1 Å². The Labute approximate surface area is 127 Å². The molecule has 2 aliphatic rings. The van der Waals surface area contributed by atoms with Gasteiger partial charge in [0.15, 0.2) is 11.4 Å². The fourth-order valence-corrected chi connectivity index (χ4v) is 3.53. The molecule has 6 heteroatoms. The molecule has 1 saturated carbocycles. The number of oxazole rings is 1. The molecule has 118 valence electrons. The maximum absolute atomic E-state index is 11.6. The van der Waals surface area contributed by atoms with E-state index in [1.165, 1.54) is 4.57 Å². The first-order chi connectivity index (χ1) is 10.5. The SMILES string of the molecule is Cn1c(=O)oc2ccc(C3(O)CCC4(CC3)OCCO4)cc21. The molecule has 1 aromatic carbocycles. The number of hydrogen-bond donors (Lipinski definition) is 1. The average Bonchev–Trinajstić information content (AvgIpc) is 3.09. The van der Waals surface area contributed by atoms with Crippen LogP contribution in [0.25, 0.3) is 11.1 Å². The lowest BCUT2D eigenvalue weighted by Gasteiger charge is -2.40. The molecule has 2 heterocycles. The van der Waals surface area contributed by atoms with Crippen LogP contribution in [-0.4, -0.2) is 28.7 Å². The molecule has 2 fully saturated rings. The van der Waals surface area contributed by atoms with Gasteiger partial charge in [0.2, 0.25) is 0 Å². The maximum Gasteiger partial charge on any atom is 0.419 e. The summed E-state index contributed by atoms with van der Waals surface area (Å²) in [6, 6.07) is 5.42. The predicted molar refractivity (Wildman–Crippen MR) is 78.5 cm³/mol. The van der Waals surface area contributed by atoms with Crippen LogP contribution in [0.15, 0.2) is 27.4 Å². The molecule has 0 bridgehead atoms. The lowest BCUT2D eigenvalue weighted by Crippen LogP contribution is -2.42. The summed E-state index contributed by atoms with van der Waals surface area (Å²) in [6.07, 6.45) is 2.49. The summed E-state index contributed by atoms with van der Waals surface area (Å²) >= 11 is 0. The van der Waals surface area contributed by atoms with Crippen LogP contribution >= 0.6 is 0 Å². The van der Waals surface area contributed by atoms with Crippen LogP contribution in [0.2, 0.25) is 0 Å². The van der Waals surface area contributed by atoms with Gasteiger partial charge >= 0.3 is 5.76 Å². The van der Waals surface area contributed by atoms with E-state index in [0.717, 1.165) is 5.56 Å². The number of aryl methyl sites for hydroxylation is 1. The Balaban J connectivity index is 1.66. The first-order valence-electron chi connectivity index (χ1n) is 7.62. The minimum atomic E-state index is -0.915. The Morgan fingerprint density at radius 2 is 1.82 bits per heavy atom. The first kappa shape index (κ1) is 14.0. The van der Waals surface area contributed by atoms with Crippen LogP contribution in [0.4, 0.5) is 0 Å². The molecular weight excluding hydrogens is 286 g/mol. The number of benzene rings is 1. The topological polar surface area (TPSA) is 73.8 Å². The van der Waals surface area contributed by atoms with Crippen LogP contribution in [0.5, 0.6) is 0 Å². The van der Waals surface area contributed by atoms with Gasteiger partial charge in [0.05, 0.1) is 24.3 Å². The van der Waals surface area contributed by atoms with Crippen molar-refractivity contribution >= 4 is 11.1 Å². The third-order valence-electron chi connectivity index (χ3n) is 4.98. The quantitative estimate of drug-likeness (QED) is 0.867. The predicted octanol–water partition coefficient (Wildman–Crippen LogP) is 1.64. The monoisotopic (exact) mass is 305 g/mol. The number of fused-ring (bicyclic) bond motifs is 1. The van der Waals surface area contributed by atoms with E-state index in [1.54, 1.807) is 13.1 Å². The number of hydrogen-bond acceptors (Lipinski definition) is 5. The number of rotatable bonds is 1. The zero-order valence-electron chi connectivity index (χ0n) is 12.5. The Morgan fingerprint density at radius 3 is 2.50 bits per heavy atom. The van der Waals surface area contributed by atoms with Gasteiger partial charge in [-0.05, 0) is 30.5 Å². The molecule has 0 amide bonds. The lowest BCUT2D eigenvalue weighted by atomic mass is 9.77. The minimum absolute atomic E-state index is 0.394. The summed E-state index contributed by atoms with van der Waals surface area (Å²) in [7, 11) is 1.66. The highest BCUT2D eigenvalue weighted by atomic mass is 16.7. The van der Waals surface area contributed by atoms with E-state index < -0.39 is 17.1 Å². The summed E-state index contributed by atoms with van der Waals surface area (Å²) in [4.78, 5) is 11.6. The van der Waals surface area contributed by atoms with Gasteiger partial charge in [0.1, 0.15) is 0 Å². The fourth-order valence-electron chi connectivity index (χ4n) is 3.53. The Hall–Kier alpha value is -1.63. The number of aliphatic hydroxyl groups is 1. The summed E-state index contributed by atoms with van der Waals surface area (Å²) in [5.41, 5.74) is 1.13. The van der Waals surface area contributed by atoms with Crippen LogP contribution in [0.1, 0.15) is 31.2 Å². The molecule has 0 radical (unpaired) electrons. The van der Waals surface area contributed by atoms with Gasteiger partial charge in [-0.25, -0.2) is 4.79 Å². The summed E-state index contributed by atoms with van der Waals surface area (Å²) < 4.78 is 18.0. The van der Waals surface area contributed by atoms with E-state index >= 15 is 0 Å². The van der Waals surface area contributed by atoms with Gasteiger partial charge in [-0.15, -0.1) is 0 Å². The van der Waals surface area contributed by atoms with Crippen molar-refractivity contribution < 1.29 is 19.0 Å². The zero-order chi connectivity index (χ0) is 15.4. The van der Waals surface area contributed by atoms with Crippen molar-refractivity contribution in [1.82, 2.24) is 4.57 Å². The molecule has 2 aromatic rings. The van der Waals surface area contributed by atoms with Gasteiger partial charge in [0.25, 0.3) is 0 Å². The van der Waals surface area contributed by atoms with E-state index in [2.05, 4.69) is 0 Å². The molecular formula is C16H19NO5. The van der Waals surface area contributed by atoms with Gasteiger partial charge in [-0.2, -0.15) is 0 Å². The van der Waals surface area contributed by atoms with Crippen LogP contribution < -0.4 is 5.76 Å². The molecule has 22 heavy (non-hydrogen) atoms. The summed E-state index contributed by atoms with van der Waals surface area (Å²) in [6.45, 7) is 1.25. The fraction of sp³-hybridized carbons (Fsp3) is 0.562. The van der Waals surface area contributed by atoms with Gasteiger partial charge < -0.3 is 19.0 Å². The average molecular weight is 305 g/mol. The van der Waals surface area contributed by atoms with Gasteiger partial charge in [-0.3, -0.25) is 4.57 Å².